The van der Waals surface area contributed by atoms with Crippen molar-refractivity contribution in [2.75, 3.05) is 26.4 Å². The summed E-state index contributed by atoms with van der Waals surface area (Å²) in [5.74, 6) is -1.51. The van der Waals surface area contributed by atoms with Crippen molar-refractivity contribution in [1.82, 2.24) is 0 Å². The van der Waals surface area contributed by atoms with Crippen LogP contribution in [0.3, 0.4) is 0 Å². The number of phosphoric acid groups is 1. The molecule has 3 unspecified atom stereocenters. The van der Waals surface area contributed by atoms with Gasteiger partial charge in [0.1, 0.15) is 12.7 Å². The molecule has 0 amide bonds. The lowest BCUT2D eigenvalue weighted by Gasteiger charge is -2.21. The van der Waals surface area contributed by atoms with Gasteiger partial charge in [-0.3, -0.25) is 23.4 Å². The van der Waals surface area contributed by atoms with Crippen LogP contribution in [0.1, 0.15) is 265 Å². The maximum Gasteiger partial charge on any atom is 0.472 e. The molecule has 0 aromatic heterocycles. The highest BCUT2D eigenvalue weighted by atomic mass is 31.2. The van der Waals surface area contributed by atoms with Crippen LogP contribution >= 0.6 is 7.82 Å². The topological polar surface area (TPSA) is 155 Å². The average molecular weight is 1090 g/mol. The van der Waals surface area contributed by atoms with E-state index in [0.29, 0.717) is 19.3 Å². The zero-order valence-electron chi connectivity index (χ0n) is 48.5. The van der Waals surface area contributed by atoms with Crippen LogP contribution in [0.5, 0.6) is 0 Å². The molecule has 0 rings (SSSR count). The summed E-state index contributed by atoms with van der Waals surface area (Å²) in [7, 11) is -4.76. The fourth-order valence-corrected chi connectivity index (χ4v) is 8.96. The fraction of sp³-hybridized carbons (Fsp3) is 0.734. The summed E-state index contributed by atoms with van der Waals surface area (Å²) < 4.78 is 39.6. The van der Waals surface area contributed by atoms with Crippen LogP contribution in [0.2, 0.25) is 0 Å². The van der Waals surface area contributed by atoms with Gasteiger partial charge in [-0.2, -0.15) is 0 Å². The van der Waals surface area contributed by atoms with Crippen molar-refractivity contribution < 1.29 is 52.2 Å². The quantitative estimate of drug-likeness (QED) is 0.0197. The molecule has 0 aliphatic heterocycles. The van der Waals surface area contributed by atoms with E-state index < -0.39 is 57.8 Å². The number of aliphatic hydroxyl groups is 1. The number of rotatable bonds is 56. The molecule has 438 valence electrons. The zero-order chi connectivity index (χ0) is 55.5. The van der Waals surface area contributed by atoms with Crippen LogP contribution in [0.25, 0.3) is 0 Å². The van der Waals surface area contributed by atoms with Gasteiger partial charge in [0.25, 0.3) is 0 Å². The van der Waals surface area contributed by atoms with Crippen LogP contribution in [0.15, 0.2) is 85.1 Å². The van der Waals surface area contributed by atoms with Gasteiger partial charge in [-0.05, 0) is 96.3 Å². The molecule has 2 N–H and O–H groups in total. The fourth-order valence-electron chi connectivity index (χ4n) is 8.18. The lowest BCUT2D eigenvalue weighted by molar-refractivity contribution is -0.161. The van der Waals surface area contributed by atoms with E-state index >= 15 is 0 Å². The summed E-state index contributed by atoms with van der Waals surface area (Å²) >= 11 is 0. The molecule has 0 aromatic rings. The smallest absolute Gasteiger partial charge is 0.462 e. The molecule has 0 aliphatic carbocycles. The van der Waals surface area contributed by atoms with Crippen LogP contribution in [-0.4, -0.2) is 66.5 Å². The van der Waals surface area contributed by atoms with E-state index in [-0.39, 0.29) is 25.9 Å². The summed E-state index contributed by atoms with van der Waals surface area (Å²) in [6, 6.07) is 0. The number of hydrogen-bond donors (Lipinski definition) is 2. The SMILES string of the molecule is CC/C=C\C/C=C\C/C=C\C/C=C\C/C=C\CCCCCC(=O)OC(COC(=O)CCCCCCC/C=C\C/C=C\CCCCC)COP(=O)(O)OCC(CO)OC(=O)CCCCCCCCCCCCCCCCC. The highest BCUT2D eigenvalue weighted by molar-refractivity contribution is 7.47. The lowest BCUT2D eigenvalue weighted by Crippen LogP contribution is -2.30. The van der Waals surface area contributed by atoms with Crippen LogP contribution in [-0.2, 0) is 42.2 Å². The number of allylic oxidation sites excluding steroid dienone is 14. The zero-order valence-corrected chi connectivity index (χ0v) is 49.3. The van der Waals surface area contributed by atoms with Gasteiger partial charge >= 0.3 is 25.7 Å². The molecule has 0 radical (unpaired) electrons. The Morgan fingerprint density at radius 3 is 1.09 bits per heavy atom. The third kappa shape index (κ3) is 55.4. The molecule has 0 heterocycles. The van der Waals surface area contributed by atoms with Crippen molar-refractivity contribution >= 4 is 25.7 Å². The van der Waals surface area contributed by atoms with E-state index in [9.17, 15) is 28.9 Å². The predicted octanol–water partition coefficient (Wildman–Crippen LogP) is 18.3. The summed E-state index contributed by atoms with van der Waals surface area (Å²) in [4.78, 5) is 48.6. The van der Waals surface area contributed by atoms with Crippen molar-refractivity contribution in [3.05, 3.63) is 85.1 Å². The molecular weight excluding hydrogens is 976 g/mol. The third-order valence-corrected chi connectivity index (χ3v) is 13.8. The Morgan fingerprint density at radius 2 is 0.684 bits per heavy atom. The first-order chi connectivity index (χ1) is 37.2. The Bertz CT molecular complexity index is 1600. The lowest BCUT2D eigenvalue weighted by atomic mass is 10.0. The van der Waals surface area contributed by atoms with Gasteiger partial charge in [0.05, 0.1) is 19.8 Å². The van der Waals surface area contributed by atoms with Gasteiger partial charge in [-0.25, -0.2) is 4.57 Å². The molecule has 0 saturated carbocycles. The minimum Gasteiger partial charge on any atom is -0.462 e. The largest absolute Gasteiger partial charge is 0.472 e. The van der Waals surface area contributed by atoms with Crippen LogP contribution in [0.4, 0.5) is 0 Å². The van der Waals surface area contributed by atoms with Crippen molar-refractivity contribution in [2.24, 2.45) is 0 Å². The Morgan fingerprint density at radius 1 is 0.382 bits per heavy atom. The summed E-state index contributed by atoms with van der Waals surface area (Å²) in [6.45, 7) is 4.48. The predicted molar refractivity (Wildman–Crippen MR) is 316 cm³/mol. The number of hydrogen-bond acceptors (Lipinski definition) is 10. The van der Waals surface area contributed by atoms with E-state index in [0.717, 1.165) is 116 Å². The number of aliphatic hydroxyl groups excluding tert-OH is 1. The summed E-state index contributed by atoms with van der Waals surface area (Å²) in [6.07, 6.45) is 66.7. The number of phosphoric ester groups is 1. The number of unbranched alkanes of at least 4 members (excludes halogenated alkanes) is 25. The molecule has 0 saturated heterocycles. The second-order valence-corrected chi connectivity index (χ2v) is 21.6. The molecular formula is C64H111O11P. The number of ether oxygens (including phenoxy) is 3. The first kappa shape index (κ1) is 72.7. The van der Waals surface area contributed by atoms with Gasteiger partial charge in [0, 0.05) is 19.3 Å². The highest BCUT2D eigenvalue weighted by Crippen LogP contribution is 2.43. The molecule has 76 heavy (non-hydrogen) atoms. The molecule has 0 aromatic carbocycles. The summed E-state index contributed by atoms with van der Waals surface area (Å²) in [5.41, 5.74) is 0. The van der Waals surface area contributed by atoms with Crippen molar-refractivity contribution in [3.8, 4) is 0 Å². The highest BCUT2D eigenvalue weighted by Gasteiger charge is 2.28. The van der Waals surface area contributed by atoms with Gasteiger partial charge in [-0.1, -0.05) is 234 Å². The van der Waals surface area contributed by atoms with Crippen LogP contribution < -0.4 is 0 Å². The normalized spacial score (nSPS) is 13.9. The molecule has 0 aliphatic rings. The maximum atomic E-state index is 12.9. The molecule has 3 atom stereocenters. The van der Waals surface area contributed by atoms with Crippen LogP contribution in [0, 0.1) is 0 Å². The number of esters is 3. The van der Waals surface area contributed by atoms with Gasteiger partial charge in [0.2, 0.25) is 0 Å². The molecule has 0 spiro atoms. The number of carbonyl (C=O) groups is 3. The monoisotopic (exact) mass is 1090 g/mol. The Labute approximate surface area is 464 Å². The molecule has 12 heteroatoms. The minimum atomic E-state index is -4.76. The first-order valence-electron chi connectivity index (χ1n) is 30.5. The molecule has 0 bridgehead atoms. The van der Waals surface area contributed by atoms with E-state index in [1.54, 1.807) is 0 Å². The van der Waals surface area contributed by atoms with Crippen molar-refractivity contribution in [2.45, 2.75) is 277 Å². The maximum absolute atomic E-state index is 12.9. The second kappa shape index (κ2) is 57.8. The Balaban J connectivity index is 4.78. The van der Waals surface area contributed by atoms with E-state index in [4.69, 9.17) is 23.3 Å². The second-order valence-electron chi connectivity index (χ2n) is 20.1. The first-order valence-corrected chi connectivity index (χ1v) is 32.0. The Kier molecular flexibility index (Phi) is 55.3. The van der Waals surface area contributed by atoms with Gasteiger partial charge in [0.15, 0.2) is 6.10 Å². The molecule has 11 nitrogen and oxygen atoms in total. The van der Waals surface area contributed by atoms with E-state index in [2.05, 4.69) is 106 Å². The van der Waals surface area contributed by atoms with E-state index in [1.165, 1.54) is 89.9 Å². The Hall–Kier alpha value is -3.34. The van der Waals surface area contributed by atoms with E-state index in [1.807, 2.05) is 0 Å². The van der Waals surface area contributed by atoms with Crippen molar-refractivity contribution in [3.63, 3.8) is 0 Å². The standard InChI is InChI=1S/C64H111O11P/c1-4-7-10-13-16-19-22-25-28-29-30-31-34-37-40-43-46-49-52-55-64(68)75-61(57-71-62(66)53-50-47-44-41-38-35-32-26-23-20-17-14-11-8-5-2)59-73-76(69,70)72-58-60(56-65)74-63(67)54-51-48-45-42-39-36-33-27-24-21-18-15-12-9-6-3/h7,10,16-17,19-20,25-26,28,30-32,37,40,60-61,65H,4-6,8-9,11-15,18,21-24,27,29,33-36,38-39,41-59H2,1-3H3,(H,69,70)/b10-7-,19-16-,20-17-,28-25-,31-30-,32-26-,40-37-. The average Bonchev–Trinajstić information content (AvgIpc) is 3.41. The third-order valence-electron chi connectivity index (χ3n) is 12.8. The van der Waals surface area contributed by atoms with Gasteiger partial charge in [-0.15, -0.1) is 0 Å². The summed E-state index contributed by atoms with van der Waals surface area (Å²) in [5, 5.41) is 9.83. The number of carbonyl (C=O) groups excluding carboxylic acids is 3. The van der Waals surface area contributed by atoms with Crippen molar-refractivity contribution in [1.29, 1.82) is 0 Å². The minimum absolute atomic E-state index is 0.123. The van der Waals surface area contributed by atoms with Gasteiger partial charge < -0.3 is 24.2 Å². The molecule has 0 fully saturated rings.